The Bertz CT molecular complexity index is 538. The molecular formula is C17H26ClF3N4. The van der Waals surface area contributed by atoms with Crippen molar-refractivity contribution in [1.29, 1.82) is 0 Å². The van der Waals surface area contributed by atoms with E-state index in [0.717, 1.165) is 38.3 Å². The van der Waals surface area contributed by atoms with Crippen molar-refractivity contribution in [1.82, 2.24) is 21.1 Å². The summed E-state index contributed by atoms with van der Waals surface area (Å²) in [4.78, 5) is 2.47. The summed E-state index contributed by atoms with van der Waals surface area (Å²) in [5, 5.41) is 3.23. The van der Waals surface area contributed by atoms with Gasteiger partial charge in [0.2, 0.25) is 0 Å². The maximum atomic E-state index is 12.7. The van der Waals surface area contributed by atoms with E-state index in [2.05, 4.69) is 21.1 Å². The largest absolute Gasteiger partial charge is 0.416 e. The average Bonchev–Trinajstić information content (AvgIpc) is 3.17. The van der Waals surface area contributed by atoms with Crippen LogP contribution >= 0.6 is 12.4 Å². The molecule has 2 aliphatic heterocycles. The summed E-state index contributed by atoms with van der Waals surface area (Å²) in [6.07, 6.45) is -3.07. The van der Waals surface area contributed by atoms with Crippen LogP contribution in [0.5, 0.6) is 0 Å². The molecule has 3 atom stereocenters. The molecule has 2 aliphatic rings. The summed E-state index contributed by atoms with van der Waals surface area (Å²) in [5.74, 6) is 1.05. The summed E-state index contributed by atoms with van der Waals surface area (Å²) in [6.45, 7) is 5.03. The van der Waals surface area contributed by atoms with Crippen molar-refractivity contribution in [3.05, 3.63) is 35.4 Å². The van der Waals surface area contributed by atoms with E-state index in [1.807, 2.05) is 7.05 Å². The van der Waals surface area contributed by atoms with Crippen molar-refractivity contribution in [2.24, 2.45) is 11.8 Å². The monoisotopic (exact) mass is 378 g/mol. The van der Waals surface area contributed by atoms with Gasteiger partial charge in [-0.05, 0) is 50.2 Å². The van der Waals surface area contributed by atoms with Crippen LogP contribution in [0, 0.1) is 11.8 Å². The van der Waals surface area contributed by atoms with Crippen molar-refractivity contribution in [3.63, 3.8) is 0 Å². The Kier molecular flexibility index (Phi) is 7.10. The Hall–Kier alpha value is -0.860. The molecule has 2 heterocycles. The van der Waals surface area contributed by atoms with E-state index in [1.165, 1.54) is 18.6 Å². The minimum atomic E-state index is -4.28. The molecule has 0 radical (unpaired) electrons. The first kappa shape index (κ1) is 20.5. The number of nitrogens with one attached hydrogen (secondary N) is 3. The standard InChI is InChI=1S/C17H25F3N4.ClH/c1-21-8-12-6-7-24(10-12)11-14-9-22-23-16(14)13-2-4-15(5-3-13)17(18,19)20;/h2-5,12,14,16,21-23H,6-11H2,1H3;1H. The highest BCUT2D eigenvalue weighted by Gasteiger charge is 2.34. The Morgan fingerprint density at radius 1 is 1.24 bits per heavy atom. The van der Waals surface area contributed by atoms with Crippen LogP contribution in [0.4, 0.5) is 13.2 Å². The number of hydrazine groups is 1. The highest BCUT2D eigenvalue weighted by molar-refractivity contribution is 5.85. The van der Waals surface area contributed by atoms with Gasteiger partial charge in [0, 0.05) is 25.6 Å². The van der Waals surface area contributed by atoms with E-state index in [4.69, 9.17) is 0 Å². The number of halogens is 4. The fourth-order valence-corrected chi connectivity index (χ4v) is 3.81. The number of alkyl halides is 3. The zero-order valence-corrected chi connectivity index (χ0v) is 15.1. The zero-order chi connectivity index (χ0) is 17.2. The molecule has 4 nitrogen and oxygen atoms in total. The van der Waals surface area contributed by atoms with Gasteiger partial charge in [0.15, 0.2) is 0 Å². The summed E-state index contributed by atoms with van der Waals surface area (Å²) in [6, 6.07) is 5.58. The lowest BCUT2D eigenvalue weighted by Gasteiger charge is -2.25. The van der Waals surface area contributed by atoms with Crippen molar-refractivity contribution in [3.8, 4) is 0 Å². The molecule has 0 aliphatic carbocycles. The van der Waals surface area contributed by atoms with Crippen LogP contribution in [0.1, 0.15) is 23.6 Å². The van der Waals surface area contributed by atoms with Gasteiger partial charge < -0.3 is 10.2 Å². The second-order valence-corrected chi connectivity index (χ2v) is 6.85. The molecule has 3 N–H and O–H groups in total. The molecule has 0 bridgehead atoms. The third-order valence-electron chi connectivity index (χ3n) is 5.05. The maximum absolute atomic E-state index is 12.7. The first-order valence-electron chi connectivity index (χ1n) is 8.50. The molecule has 1 aromatic rings. The summed E-state index contributed by atoms with van der Waals surface area (Å²) in [7, 11) is 1.98. The average molecular weight is 379 g/mol. The number of nitrogens with zero attached hydrogens (tertiary/aromatic N) is 1. The van der Waals surface area contributed by atoms with Crippen molar-refractivity contribution < 1.29 is 13.2 Å². The number of benzene rings is 1. The van der Waals surface area contributed by atoms with Crippen LogP contribution in [-0.4, -0.2) is 44.7 Å². The van der Waals surface area contributed by atoms with E-state index in [1.54, 1.807) is 12.1 Å². The molecule has 0 amide bonds. The minimum absolute atomic E-state index is 0. The van der Waals surface area contributed by atoms with Gasteiger partial charge in [-0.1, -0.05) is 12.1 Å². The second-order valence-electron chi connectivity index (χ2n) is 6.85. The molecule has 2 saturated heterocycles. The second kappa shape index (κ2) is 8.68. The first-order chi connectivity index (χ1) is 11.5. The normalized spacial score (nSPS) is 27.4. The van der Waals surface area contributed by atoms with Crippen LogP contribution in [0.15, 0.2) is 24.3 Å². The van der Waals surface area contributed by atoms with E-state index in [-0.39, 0.29) is 18.4 Å². The van der Waals surface area contributed by atoms with Gasteiger partial charge in [-0.15, -0.1) is 12.4 Å². The number of hydrogen-bond acceptors (Lipinski definition) is 4. The van der Waals surface area contributed by atoms with E-state index in [9.17, 15) is 13.2 Å². The van der Waals surface area contributed by atoms with Crippen LogP contribution in [0.25, 0.3) is 0 Å². The zero-order valence-electron chi connectivity index (χ0n) is 14.3. The molecule has 2 fully saturated rings. The van der Waals surface area contributed by atoms with Crippen LogP contribution in [0.3, 0.4) is 0 Å². The fraction of sp³-hybridized carbons (Fsp3) is 0.647. The highest BCUT2D eigenvalue weighted by atomic mass is 35.5. The Balaban J connectivity index is 0.00000225. The predicted molar refractivity (Wildman–Crippen MR) is 94.5 cm³/mol. The van der Waals surface area contributed by atoms with Crippen molar-refractivity contribution in [2.75, 3.05) is 39.8 Å². The molecular weight excluding hydrogens is 353 g/mol. The van der Waals surface area contributed by atoms with Crippen molar-refractivity contribution in [2.45, 2.75) is 18.6 Å². The van der Waals surface area contributed by atoms with Crippen LogP contribution in [-0.2, 0) is 6.18 Å². The Labute approximate surface area is 152 Å². The SMILES string of the molecule is CNCC1CCN(CC2CNNC2c2ccc(C(F)(F)F)cc2)C1.Cl. The van der Waals surface area contributed by atoms with E-state index >= 15 is 0 Å². The van der Waals surface area contributed by atoms with Crippen LogP contribution in [0.2, 0.25) is 0 Å². The van der Waals surface area contributed by atoms with Crippen molar-refractivity contribution >= 4 is 12.4 Å². The first-order valence-corrected chi connectivity index (χ1v) is 8.50. The van der Waals surface area contributed by atoms with Gasteiger partial charge >= 0.3 is 6.18 Å². The Morgan fingerprint density at radius 3 is 2.60 bits per heavy atom. The molecule has 1 aromatic carbocycles. The molecule has 142 valence electrons. The molecule has 0 aromatic heterocycles. The molecule has 25 heavy (non-hydrogen) atoms. The number of rotatable bonds is 5. The Morgan fingerprint density at radius 2 is 1.96 bits per heavy atom. The topological polar surface area (TPSA) is 39.3 Å². The molecule has 3 rings (SSSR count). The van der Waals surface area contributed by atoms with Gasteiger partial charge in [-0.3, -0.25) is 5.43 Å². The van der Waals surface area contributed by atoms with Gasteiger partial charge in [0.1, 0.15) is 0 Å². The number of likely N-dealkylation sites (tertiary alicyclic amines) is 1. The lowest BCUT2D eigenvalue weighted by Crippen LogP contribution is -2.32. The lowest BCUT2D eigenvalue weighted by atomic mass is 9.93. The van der Waals surface area contributed by atoms with Crippen LogP contribution < -0.4 is 16.2 Å². The third-order valence-corrected chi connectivity index (χ3v) is 5.05. The number of hydrogen-bond donors (Lipinski definition) is 3. The summed E-state index contributed by atoms with van der Waals surface area (Å²) < 4.78 is 38.1. The maximum Gasteiger partial charge on any atom is 0.416 e. The van der Waals surface area contributed by atoms with Gasteiger partial charge in [-0.2, -0.15) is 13.2 Å². The van der Waals surface area contributed by atoms with E-state index in [0.29, 0.717) is 11.8 Å². The molecule has 0 saturated carbocycles. The van der Waals surface area contributed by atoms with Gasteiger partial charge in [0.25, 0.3) is 0 Å². The quantitative estimate of drug-likeness (QED) is 0.736. The van der Waals surface area contributed by atoms with Gasteiger partial charge in [-0.25, -0.2) is 5.43 Å². The molecule has 3 unspecified atom stereocenters. The fourth-order valence-electron chi connectivity index (χ4n) is 3.81. The smallest absolute Gasteiger partial charge is 0.319 e. The highest BCUT2D eigenvalue weighted by Crippen LogP contribution is 2.32. The summed E-state index contributed by atoms with van der Waals surface area (Å²) >= 11 is 0. The third kappa shape index (κ3) is 5.08. The minimum Gasteiger partial charge on any atom is -0.319 e. The summed E-state index contributed by atoms with van der Waals surface area (Å²) in [5.41, 5.74) is 6.70. The van der Waals surface area contributed by atoms with E-state index < -0.39 is 11.7 Å². The molecule has 0 spiro atoms. The molecule has 8 heteroatoms. The van der Waals surface area contributed by atoms with Gasteiger partial charge in [0.05, 0.1) is 11.6 Å². The predicted octanol–water partition coefficient (Wildman–Crippen LogP) is 2.43. The lowest BCUT2D eigenvalue weighted by molar-refractivity contribution is -0.137.